The first-order valence-corrected chi connectivity index (χ1v) is 10.8. The van der Waals surface area contributed by atoms with Crippen molar-refractivity contribution in [2.45, 2.75) is 38.5 Å². The van der Waals surface area contributed by atoms with E-state index in [9.17, 15) is 8.42 Å². The average Bonchev–Trinajstić information content (AvgIpc) is 3.07. The summed E-state index contributed by atoms with van der Waals surface area (Å²) in [6, 6.07) is 0. The molecule has 2 aromatic rings. The summed E-state index contributed by atoms with van der Waals surface area (Å²) in [5, 5.41) is 14.1. The summed E-state index contributed by atoms with van der Waals surface area (Å²) in [5.41, 5.74) is 2.74. The maximum Gasteiger partial charge on any atom is 0.211 e. The molecule has 0 fully saturated rings. The molecule has 0 saturated heterocycles. The number of thioether (sulfide) groups is 1. The van der Waals surface area contributed by atoms with Crippen LogP contribution in [-0.4, -0.2) is 55.8 Å². The van der Waals surface area contributed by atoms with Crippen molar-refractivity contribution >= 4 is 21.8 Å². The lowest BCUT2D eigenvalue weighted by molar-refractivity contribution is 0.389. The van der Waals surface area contributed by atoms with Gasteiger partial charge in [0.05, 0.1) is 6.26 Å². The van der Waals surface area contributed by atoms with E-state index in [1.165, 1.54) is 10.6 Å². The molecule has 0 amide bonds. The third-order valence-corrected chi connectivity index (χ3v) is 6.29. The minimum absolute atomic E-state index is 0.337. The number of sulfonamides is 1. The quantitative estimate of drug-likeness (QED) is 0.734. The topological polar surface area (TPSA) is 85.9 Å². The lowest BCUT2D eigenvalue weighted by Crippen LogP contribution is -2.35. The Hall–Kier alpha value is -1.39. The van der Waals surface area contributed by atoms with Gasteiger partial charge in [0.2, 0.25) is 10.0 Å². The Morgan fingerprint density at radius 2 is 2.00 bits per heavy atom. The summed E-state index contributed by atoms with van der Waals surface area (Å²) in [7, 11) is -1.33. The van der Waals surface area contributed by atoms with Gasteiger partial charge in [-0.2, -0.15) is 9.40 Å². The fourth-order valence-corrected chi connectivity index (χ4v) is 4.53. The number of fused-ring (bicyclic) bond motifs is 1. The molecule has 1 aliphatic rings. The Morgan fingerprint density at radius 3 is 2.62 bits per heavy atom. The fourth-order valence-electron chi connectivity index (χ4n) is 3.02. The SMILES string of the molecule is CCSc1nnc(-c2nn(C)c3c2CN(S(C)(=O)=O)CC3)n1CC. The maximum absolute atomic E-state index is 11.9. The van der Waals surface area contributed by atoms with Crippen LogP contribution in [0.1, 0.15) is 25.1 Å². The number of aryl methyl sites for hydroxylation is 1. The number of aromatic nitrogens is 5. The van der Waals surface area contributed by atoms with E-state index in [4.69, 9.17) is 0 Å². The van der Waals surface area contributed by atoms with Crippen LogP contribution in [0.2, 0.25) is 0 Å². The minimum atomic E-state index is -3.23. The average molecular weight is 371 g/mol. The van der Waals surface area contributed by atoms with Crippen LogP contribution in [-0.2, 0) is 36.6 Å². The molecular formula is C14H22N6O2S2. The summed E-state index contributed by atoms with van der Waals surface area (Å²) >= 11 is 1.64. The van der Waals surface area contributed by atoms with Gasteiger partial charge in [0, 0.05) is 44.4 Å². The second-order valence-corrected chi connectivity index (χ2v) is 8.94. The van der Waals surface area contributed by atoms with E-state index >= 15 is 0 Å². The zero-order valence-electron chi connectivity index (χ0n) is 14.4. The highest BCUT2D eigenvalue weighted by atomic mass is 32.2. The van der Waals surface area contributed by atoms with Gasteiger partial charge in [-0.25, -0.2) is 8.42 Å². The molecule has 0 radical (unpaired) electrons. The van der Waals surface area contributed by atoms with Gasteiger partial charge in [-0.1, -0.05) is 18.7 Å². The van der Waals surface area contributed by atoms with E-state index in [0.717, 1.165) is 34.4 Å². The van der Waals surface area contributed by atoms with Crippen molar-refractivity contribution in [2.24, 2.45) is 7.05 Å². The van der Waals surface area contributed by atoms with E-state index < -0.39 is 10.0 Å². The van der Waals surface area contributed by atoms with Gasteiger partial charge in [0.25, 0.3) is 0 Å². The van der Waals surface area contributed by atoms with E-state index in [1.807, 2.05) is 23.2 Å². The van der Waals surface area contributed by atoms with Gasteiger partial charge in [-0.15, -0.1) is 10.2 Å². The zero-order chi connectivity index (χ0) is 17.5. The van der Waals surface area contributed by atoms with Crippen molar-refractivity contribution in [3.05, 3.63) is 11.3 Å². The van der Waals surface area contributed by atoms with Gasteiger partial charge in [0.15, 0.2) is 11.0 Å². The normalized spacial score (nSPS) is 15.7. The fraction of sp³-hybridized carbons (Fsp3) is 0.643. The highest BCUT2D eigenvalue weighted by Gasteiger charge is 2.30. The Bertz CT molecular complexity index is 855. The summed E-state index contributed by atoms with van der Waals surface area (Å²) in [5.74, 6) is 1.63. The number of hydrogen-bond acceptors (Lipinski definition) is 6. The van der Waals surface area contributed by atoms with Crippen LogP contribution in [0, 0.1) is 0 Å². The summed E-state index contributed by atoms with van der Waals surface area (Å²) in [6.45, 7) is 5.69. The van der Waals surface area contributed by atoms with Crippen molar-refractivity contribution in [3.8, 4) is 11.5 Å². The molecule has 8 nitrogen and oxygen atoms in total. The van der Waals surface area contributed by atoms with Gasteiger partial charge in [-0.05, 0) is 12.7 Å². The van der Waals surface area contributed by atoms with Gasteiger partial charge < -0.3 is 4.57 Å². The van der Waals surface area contributed by atoms with Crippen LogP contribution >= 0.6 is 11.8 Å². The second kappa shape index (κ2) is 6.49. The molecule has 0 atom stereocenters. The zero-order valence-corrected chi connectivity index (χ0v) is 16.0. The smallest absolute Gasteiger partial charge is 0.211 e. The predicted octanol–water partition coefficient (Wildman–Crippen LogP) is 1.13. The monoisotopic (exact) mass is 370 g/mol. The van der Waals surface area contributed by atoms with Crippen LogP contribution in [0.15, 0.2) is 5.16 Å². The Kier molecular flexibility index (Phi) is 4.71. The van der Waals surface area contributed by atoms with E-state index in [2.05, 4.69) is 22.2 Å². The molecule has 3 heterocycles. The van der Waals surface area contributed by atoms with Crippen LogP contribution in [0.4, 0.5) is 0 Å². The van der Waals surface area contributed by atoms with Gasteiger partial charge in [0.1, 0.15) is 5.69 Å². The second-order valence-electron chi connectivity index (χ2n) is 5.73. The molecule has 0 bridgehead atoms. The first-order valence-electron chi connectivity index (χ1n) is 7.93. The van der Waals surface area contributed by atoms with Crippen molar-refractivity contribution in [1.29, 1.82) is 0 Å². The summed E-state index contributed by atoms with van der Waals surface area (Å²) < 4.78 is 29.2. The Balaban J connectivity index is 2.08. The highest BCUT2D eigenvalue weighted by molar-refractivity contribution is 7.99. The standard InChI is InChI=1S/C14H22N6O2S2/c1-5-20-13(15-16-14(20)23-6-2)12-10-9-19(24(4,21)22)8-7-11(10)18(3)17-12/h5-9H2,1-4H3. The molecule has 0 unspecified atom stereocenters. The molecule has 24 heavy (non-hydrogen) atoms. The predicted molar refractivity (Wildman–Crippen MR) is 93.3 cm³/mol. The van der Waals surface area contributed by atoms with E-state index in [-0.39, 0.29) is 0 Å². The van der Waals surface area contributed by atoms with Gasteiger partial charge >= 0.3 is 0 Å². The summed E-state index contributed by atoms with van der Waals surface area (Å²) in [4.78, 5) is 0. The molecule has 1 aliphatic heterocycles. The van der Waals surface area contributed by atoms with Gasteiger partial charge in [-0.3, -0.25) is 4.68 Å². The highest BCUT2D eigenvalue weighted by Crippen LogP contribution is 2.31. The number of hydrogen-bond donors (Lipinski definition) is 0. The molecule has 0 spiro atoms. The van der Waals surface area contributed by atoms with Crippen molar-refractivity contribution < 1.29 is 8.42 Å². The molecule has 0 saturated carbocycles. The van der Waals surface area contributed by atoms with Crippen LogP contribution in [0.25, 0.3) is 11.5 Å². The van der Waals surface area contributed by atoms with Crippen LogP contribution < -0.4 is 0 Å². The van der Waals surface area contributed by atoms with Crippen molar-refractivity contribution in [1.82, 2.24) is 28.9 Å². The first kappa shape index (κ1) is 17.4. The number of nitrogens with zero attached hydrogens (tertiary/aromatic N) is 6. The van der Waals surface area contributed by atoms with Crippen molar-refractivity contribution in [2.75, 3.05) is 18.6 Å². The molecule has 3 rings (SSSR count). The molecule has 10 heteroatoms. The third kappa shape index (κ3) is 2.98. The summed E-state index contributed by atoms with van der Waals surface area (Å²) in [6.07, 6.45) is 1.90. The third-order valence-electron chi connectivity index (χ3n) is 4.19. The number of rotatable bonds is 5. The Labute approximate surface area is 146 Å². The van der Waals surface area contributed by atoms with Crippen LogP contribution in [0.5, 0.6) is 0 Å². The lowest BCUT2D eigenvalue weighted by Gasteiger charge is -2.25. The molecule has 0 N–H and O–H groups in total. The van der Waals surface area contributed by atoms with Crippen LogP contribution in [0.3, 0.4) is 0 Å². The largest absolute Gasteiger partial charge is 0.301 e. The van der Waals surface area contributed by atoms with E-state index in [1.54, 1.807) is 11.8 Å². The lowest BCUT2D eigenvalue weighted by atomic mass is 10.1. The molecule has 0 aromatic carbocycles. The van der Waals surface area contributed by atoms with Crippen molar-refractivity contribution in [3.63, 3.8) is 0 Å². The molecule has 2 aromatic heterocycles. The minimum Gasteiger partial charge on any atom is -0.301 e. The first-order chi connectivity index (χ1) is 11.4. The Morgan fingerprint density at radius 1 is 1.25 bits per heavy atom. The molecule has 132 valence electrons. The molecule has 0 aliphatic carbocycles. The molecular weight excluding hydrogens is 348 g/mol. The maximum atomic E-state index is 11.9. The van der Waals surface area contributed by atoms with E-state index in [0.29, 0.717) is 25.3 Å².